The molecule has 5 heteroatoms. The van der Waals surface area contributed by atoms with Crippen LogP contribution in [0.1, 0.15) is 23.7 Å². The number of benzene rings is 1. The van der Waals surface area contributed by atoms with Gasteiger partial charge in [0.25, 0.3) is 5.91 Å². The quantitative estimate of drug-likeness (QED) is 0.805. The summed E-state index contributed by atoms with van der Waals surface area (Å²) in [5.74, 6) is 1.30. The van der Waals surface area contributed by atoms with Crippen molar-refractivity contribution in [3.8, 4) is 11.5 Å². The minimum Gasteiger partial charge on any atom is -0.496 e. The molecule has 20 heavy (non-hydrogen) atoms. The fourth-order valence-corrected chi connectivity index (χ4v) is 2.70. The number of carbonyl (C=O) groups excluding carboxylic acids is 1. The molecule has 0 radical (unpaired) electrons. The Labute approximate surface area is 124 Å². The molecule has 1 aliphatic heterocycles. The predicted octanol–water partition coefficient (Wildman–Crippen LogP) is 2.79. The van der Waals surface area contributed by atoms with E-state index in [0.717, 1.165) is 6.42 Å². The predicted molar refractivity (Wildman–Crippen MR) is 78.9 cm³/mol. The number of amides is 1. The second-order valence-electron chi connectivity index (χ2n) is 5.07. The molecule has 110 valence electrons. The first-order valence-corrected chi connectivity index (χ1v) is 7.16. The van der Waals surface area contributed by atoms with Gasteiger partial charge in [-0.3, -0.25) is 4.79 Å². The zero-order valence-electron chi connectivity index (χ0n) is 12.1. The van der Waals surface area contributed by atoms with Crippen LogP contribution < -0.4 is 9.47 Å². The van der Waals surface area contributed by atoms with Crippen molar-refractivity contribution in [2.75, 3.05) is 27.3 Å². The topological polar surface area (TPSA) is 38.8 Å². The molecule has 4 nitrogen and oxygen atoms in total. The summed E-state index contributed by atoms with van der Waals surface area (Å²) in [6.07, 6.45) is 0.811. The molecule has 1 aromatic rings. The third-order valence-corrected chi connectivity index (χ3v) is 4.38. The van der Waals surface area contributed by atoms with Crippen molar-refractivity contribution in [1.82, 2.24) is 4.90 Å². The zero-order chi connectivity index (χ0) is 14.7. The number of nitrogens with zero attached hydrogens (tertiary/aromatic N) is 1. The van der Waals surface area contributed by atoms with Gasteiger partial charge in [-0.1, -0.05) is 13.0 Å². The highest BCUT2D eigenvalue weighted by Crippen LogP contribution is 2.31. The van der Waals surface area contributed by atoms with Gasteiger partial charge in [-0.15, -0.1) is 11.6 Å². The lowest BCUT2D eigenvalue weighted by Gasteiger charge is -2.34. The lowest BCUT2D eigenvalue weighted by molar-refractivity contribution is 0.0680. The minimum absolute atomic E-state index is 0.0604. The van der Waals surface area contributed by atoms with Crippen LogP contribution in [-0.2, 0) is 0 Å². The molecule has 0 N–H and O–H groups in total. The van der Waals surface area contributed by atoms with Gasteiger partial charge in [0, 0.05) is 18.5 Å². The number of alkyl halides is 1. The molecule has 2 unspecified atom stereocenters. The number of halogens is 1. The summed E-state index contributed by atoms with van der Waals surface area (Å²) in [6.45, 7) is 3.39. The van der Waals surface area contributed by atoms with Gasteiger partial charge >= 0.3 is 0 Å². The van der Waals surface area contributed by atoms with Crippen LogP contribution in [0.3, 0.4) is 0 Å². The molecule has 2 atom stereocenters. The number of carbonyl (C=O) groups is 1. The van der Waals surface area contributed by atoms with Gasteiger partial charge in [0.1, 0.15) is 17.1 Å². The van der Waals surface area contributed by atoms with Gasteiger partial charge in [0.15, 0.2) is 0 Å². The summed E-state index contributed by atoms with van der Waals surface area (Å²) in [5.41, 5.74) is 0.484. The van der Waals surface area contributed by atoms with Gasteiger partial charge < -0.3 is 14.4 Å². The van der Waals surface area contributed by atoms with Gasteiger partial charge in [0.2, 0.25) is 0 Å². The Morgan fingerprint density at radius 2 is 1.90 bits per heavy atom. The van der Waals surface area contributed by atoms with Crippen molar-refractivity contribution in [2.45, 2.75) is 18.7 Å². The maximum absolute atomic E-state index is 12.7. The number of hydrogen-bond donors (Lipinski definition) is 0. The number of rotatable bonds is 3. The van der Waals surface area contributed by atoms with Crippen molar-refractivity contribution in [3.63, 3.8) is 0 Å². The molecule has 2 rings (SSSR count). The van der Waals surface area contributed by atoms with Gasteiger partial charge in [-0.25, -0.2) is 0 Å². The first-order valence-electron chi connectivity index (χ1n) is 6.72. The highest BCUT2D eigenvalue weighted by Gasteiger charge is 2.30. The normalized spacial score (nSPS) is 22.5. The van der Waals surface area contributed by atoms with Crippen molar-refractivity contribution >= 4 is 17.5 Å². The van der Waals surface area contributed by atoms with E-state index in [-0.39, 0.29) is 17.2 Å². The lowest BCUT2D eigenvalue weighted by Crippen LogP contribution is -2.43. The molecule has 1 saturated heterocycles. The van der Waals surface area contributed by atoms with E-state index >= 15 is 0 Å². The molecule has 1 aliphatic rings. The Bertz CT molecular complexity index is 470. The lowest BCUT2D eigenvalue weighted by atomic mass is 9.98. The zero-order valence-corrected chi connectivity index (χ0v) is 12.8. The maximum atomic E-state index is 12.7. The van der Waals surface area contributed by atoms with E-state index in [9.17, 15) is 4.79 Å². The molecule has 0 bridgehead atoms. The average Bonchev–Trinajstić information content (AvgIpc) is 2.48. The van der Waals surface area contributed by atoms with E-state index in [4.69, 9.17) is 21.1 Å². The molecule has 1 aromatic carbocycles. The third kappa shape index (κ3) is 2.85. The number of ether oxygens (including phenoxy) is 2. The number of piperidine rings is 1. The van der Waals surface area contributed by atoms with Crippen LogP contribution in [0.4, 0.5) is 0 Å². The summed E-state index contributed by atoms with van der Waals surface area (Å²) < 4.78 is 10.6. The largest absolute Gasteiger partial charge is 0.496 e. The smallest absolute Gasteiger partial charge is 0.261 e. The highest BCUT2D eigenvalue weighted by molar-refractivity contribution is 6.20. The van der Waals surface area contributed by atoms with Crippen LogP contribution >= 0.6 is 11.6 Å². The van der Waals surface area contributed by atoms with Crippen molar-refractivity contribution < 1.29 is 14.3 Å². The number of hydrogen-bond acceptors (Lipinski definition) is 3. The second-order valence-corrected chi connectivity index (χ2v) is 5.63. The number of likely N-dealkylation sites (tertiary alicyclic amines) is 1. The SMILES string of the molecule is COc1cccc(OC)c1C(=O)N1CCC(Cl)C(C)C1. The summed E-state index contributed by atoms with van der Waals surface area (Å²) in [7, 11) is 3.11. The Morgan fingerprint density at radius 1 is 1.30 bits per heavy atom. The van der Waals surface area contributed by atoms with Crippen molar-refractivity contribution in [3.05, 3.63) is 23.8 Å². The van der Waals surface area contributed by atoms with Crippen LogP contribution in [0.5, 0.6) is 11.5 Å². The van der Waals surface area contributed by atoms with E-state index in [1.807, 2.05) is 11.0 Å². The Balaban J connectivity index is 2.29. The first kappa shape index (κ1) is 15.0. The summed E-state index contributed by atoms with van der Waals surface area (Å²) in [5, 5.41) is 0.138. The fraction of sp³-hybridized carbons (Fsp3) is 0.533. The van der Waals surface area contributed by atoms with E-state index in [2.05, 4.69) is 6.92 Å². The molecule has 0 spiro atoms. The Hall–Kier alpha value is -1.42. The van der Waals surface area contributed by atoms with Crippen LogP contribution in [0.2, 0.25) is 0 Å². The van der Waals surface area contributed by atoms with Crippen molar-refractivity contribution in [2.24, 2.45) is 5.92 Å². The first-order chi connectivity index (χ1) is 9.58. The van der Waals surface area contributed by atoms with E-state index < -0.39 is 0 Å². The third-order valence-electron chi connectivity index (χ3n) is 3.73. The van der Waals surface area contributed by atoms with Crippen molar-refractivity contribution in [1.29, 1.82) is 0 Å². The van der Waals surface area contributed by atoms with Crippen LogP contribution in [0.25, 0.3) is 0 Å². The molecular formula is C15H20ClNO3. The molecule has 1 amide bonds. The summed E-state index contributed by atoms with van der Waals surface area (Å²) in [4.78, 5) is 14.6. The molecule has 0 saturated carbocycles. The van der Waals surface area contributed by atoms with Gasteiger partial charge in [-0.05, 0) is 24.5 Å². The molecule has 1 fully saturated rings. The standard InChI is InChI=1S/C15H20ClNO3/c1-10-9-17(8-7-11(10)16)15(18)14-12(19-2)5-4-6-13(14)20-3/h4-6,10-11H,7-9H2,1-3H3. The molecule has 0 aromatic heterocycles. The van der Waals surface area contributed by atoms with Crippen LogP contribution in [-0.4, -0.2) is 43.5 Å². The van der Waals surface area contributed by atoms with E-state index in [1.165, 1.54) is 0 Å². The molecule has 0 aliphatic carbocycles. The number of methoxy groups -OCH3 is 2. The Kier molecular flexibility index (Phi) is 4.76. The average molecular weight is 298 g/mol. The maximum Gasteiger partial charge on any atom is 0.261 e. The second kappa shape index (κ2) is 6.35. The minimum atomic E-state index is -0.0604. The Morgan fingerprint density at radius 3 is 2.40 bits per heavy atom. The van der Waals surface area contributed by atoms with Gasteiger partial charge in [-0.2, -0.15) is 0 Å². The van der Waals surface area contributed by atoms with E-state index in [0.29, 0.717) is 30.2 Å². The van der Waals surface area contributed by atoms with Crippen LogP contribution in [0.15, 0.2) is 18.2 Å². The summed E-state index contributed by atoms with van der Waals surface area (Å²) >= 11 is 6.21. The summed E-state index contributed by atoms with van der Waals surface area (Å²) in [6, 6.07) is 5.35. The monoisotopic (exact) mass is 297 g/mol. The fourth-order valence-electron chi connectivity index (χ4n) is 2.52. The molecule has 1 heterocycles. The molecular weight excluding hydrogens is 278 g/mol. The van der Waals surface area contributed by atoms with E-state index in [1.54, 1.807) is 26.4 Å². The highest BCUT2D eigenvalue weighted by atomic mass is 35.5. The van der Waals surface area contributed by atoms with Crippen LogP contribution in [0, 0.1) is 5.92 Å². The van der Waals surface area contributed by atoms with Gasteiger partial charge in [0.05, 0.1) is 14.2 Å².